The van der Waals surface area contributed by atoms with Gasteiger partial charge in [0.05, 0.1) is 13.7 Å². The second-order valence-corrected chi connectivity index (χ2v) is 5.51. The van der Waals surface area contributed by atoms with Gasteiger partial charge in [0.1, 0.15) is 5.76 Å². The largest absolute Gasteiger partial charge is 0.463 e. The van der Waals surface area contributed by atoms with E-state index in [9.17, 15) is 4.79 Å². The normalized spacial score (nSPS) is 23.3. The van der Waals surface area contributed by atoms with Crippen LogP contribution in [0.1, 0.15) is 48.9 Å². The van der Waals surface area contributed by atoms with E-state index in [1.165, 1.54) is 32.8 Å². The van der Waals surface area contributed by atoms with Crippen molar-refractivity contribution in [3.63, 3.8) is 0 Å². The van der Waals surface area contributed by atoms with Crippen molar-refractivity contribution in [2.75, 3.05) is 13.7 Å². The maximum absolute atomic E-state index is 11.2. The first-order valence-electron chi connectivity index (χ1n) is 7.06. The van der Waals surface area contributed by atoms with Crippen LogP contribution in [0.3, 0.4) is 0 Å². The Morgan fingerprint density at radius 3 is 2.79 bits per heavy atom. The van der Waals surface area contributed by atoms with Gasteiger partial charge in [-0.3, -0.25) is 0 Å². The molecule has 4 heteroatoms. The second kappa shape index (κ2) is 6.75. The number of methoxy groups -OCH3 is 1. The van der Waals surface area contributed by atoms with Crippen LogP contribution < -0.4 is 5.32 Å². The zero-order chi connectivity index (χ0) is 13.7. The Morgan fingerprint density at radius 1 is 1.37 bits per heavy atom. The van der Waals surface area contributed by atoms with Gasteiger partial charge in [-0.1, -0.05) is 19.8 Å². The molecule has 0 radical (unpaired) electrons. The van der Waals surface area contributed by atoms with Crippen LogP contribution in [0.15, 0.2) is 16.5 Å². The van der Waals surface area contributed by atoms with Gasteiger partial charge in [0.15, 0.2) is 0 Å². The number of nitrogens with one attached hydrogen (secondary N) is 1. The average molecular weight is 265 g/mol. The highest BCUT2D eigenvalue weighted by molar-refractivity contribution is 5.86. The van der Waals surface area contributed by atoms with Crippen molar-refractivity contribution in [2.24, 2.45) is 11.8 Å². The lowest BCUT2D eigenvalue weighted by atomic mass is 9.83. The number of furan rings is 1. The standard InChI is InChI=1S/C15H23NO3/c1-11-3-5-12(6-4-11)9-16-10-13-7-8-14(19-13)15(17)18-2/h7-8,11-12,16H,3-6,9-10H2,1-2H3. The zero-order valence-electron chi connectivity index (χ0n) is 11.8. The number of carbonyl (C=O) groups excluding carboxylic acids is 1. The molecule has 1 heterocycles. The highest BCUT2D eigenvalue weighted by Gasteiger charge is 2.18. The molecule has 1 fully saturated rings. The van der Waals surface area contributed by atoms with E-state index in [4.69, 9.17) is 4.42 Å². The molecule has 1 N–H and O–H groups in total. The Bertz CT molecular complexity index is 405. The predicted molar refractivity (Wildman–Crippen MR) is 72.9 cm³/mol. The van der Waals surface area contributed by atoms with Crippen molar-refractivity contribution in [1.82, 2.24) is 5.32 Å². The van der Waals surface area contributed by atoms with Gasteiger partial charge >= 0.3 is 5.97 Å². The minimum atomic E-state index is -0.424. The van der Waals surface area contributed by atoms with Crippen molar-refractivity contribution in [3.05, 3.63) is 23.7 Å². The SMILES string of the molecule is COC(=O)c1ccc(CNCC2CCC(C)CC2)o1. The molecule has 0 saturated heterocycles. The minimum absolute atomic E-state index is 0.269. The van der Waals surface area contributed by atoms with Crippen molar-refractivity contribution in [2.45, 2.75) is 39.2 Å². The summed E-state index contributed by atoms with van der Waals surface area (Å²) in [4.78, 5) is 11.2. The maximum atomic E-state index is 11.2. The minimum Gasteiger partial charge on any atom is -0.463 e. The monoisotopic (exact) mass is 265 g/mol. The molecule has 0 atom stereocenters. The van der Waals surface area contributed by atoms with E-state index in [1.807, 2.05) is 6.07 Å². The highest BCUT2D eigenvalue weighted by atomic mass is 16.5. The van der Waals surface area contributed by atoms with Crippen molar-refractivity contribution < 1.29 is 13.9 Å². The van der Waals surface area contributed by atoms with Gasteiger partial charge < -0.3 is 14.5 Å². The third-order valence-corrected chi connectivity index (χ3v) is 3.92. The molecule has 1 aliphatic rings. The van der Waals surface area contributed by atoms with Gasteiger partial charge in [0, 0.05) is 0 Å². The quantitative estimate of drug-likeness (QED) is 0.832. The molecule has 19 heavy (non-hydrogen) atoms. The summed E-state index contributed by atoms with van der Waals surface area (Å²) in [6, 6.07) is 3.48. The molecule has 0 aromatic carbocycles. The molecule has 4 nitrogen and oxygen atoms in total. The molecule has 1 aliphatic carbocycles. The number of hydrogen-bond donors (Lipinski definition) is 1. The van der Waals surface area contributed by atoms with Crippen LogP contribution in [-0.2, 0) is 11.3 Å². The van der Waals surface area contributed by atoms with Gasteiger partial charge in [-0.2, -0.15) is 0 Å². The van der Waals surface area contributed by atoms with Crippen LogP contribution in [0, 0.1) is 11.8 Å². The van der Waals surface area contributed by atoms with E-state index in [-0.39, 0.29) is 5.76 Å². The molecular weight excluding hydrogens is 242 g/mol. The fourth-order valence-electron chi connectivity index (χ4n) is 2.62. The van der Waals surface area contributed by atoms with Crippen molar-refractivity contribution >= 4 is 5.97 Å². The summed E-state index contributed by atoms with van der Waals surface area (Å²) >= 11 is 0. The van der Waals surface area contributed by atoms with Crippen LogP contribution in [-0.4, -0.2) is 19.6 Å². The lowest BCUT2D eigenvalue weighted by Gasteiger charge is -2.26. The first-order chi connectivity index (χ1) is 9.19. The Morgan fingerprint density at radius 2 is 2.11 bits per heavy atom. The molecule has 0 unspecified atom stereocenters. The number of rotatable bonds is 5. The Hall–Kier alpha value is -1.29. The van der Waals surface area contributed by atoms with Crippen LogP contribution >= 0.6 is 0 Å². The Labute approximate surface area is 114 Å². The van der Waals surface area contributed by atoms with Gasteiger partial charge in [0.25, 0.3) is 0 Å². The summed E-state index contributed by atoms with van der Waals surface area (Å²) in [6.45, 7) is 4.03. The number of ether oxygens (including phenoxy) is 1. The summed E-state index contributed by atoms with van der Waals surface area (Å²) in [5.41, 5.74) is 0. The molecule has 1 saturated carbocycles. The molecule has 1 aromatic heterocycles. The summed E-state index contributed by atoms with van der Waals surface area (Å²) < 4.78 is 10.0. The summed E-state index contributed by atoms with van der Waals surface area (Å²) in [7, 11) is 1.35. The third kappa shape index (κ3) is 4.10. The highest BCUT2D eigenvalue weighted by Crippen LogP contribution is 2.27. The second-order valence-electron chi connectivity index (χ2n) is 5.51. The van der Waals surface area contributed by atoms with Crippen LogP contribution in [0.5, 0.6) is 0 Å². The average Bonchev–Trinajstić information content (AvgIpc) is 2.89. The first kappa shape index (κ1) is 14.1. The Balaban J connectivity index is 1.71. The van der Waals surface area contributed by atoms with Crippen molar-refractivity contribution in [1.29, 1.82) is 0 Å². The van der Waals surface area contributed by atoms with Gasteiger partial charge in [0.2, 0.25) is 5.76 Å². The van der Waals surface area contributed by atoms with Gasteiger partial charge in [-0.15, -0.1) is 0 Å². The van der Waals surface area contributed by atoms with E-state index in [1.54, 1.807) is 6.07 Å². The number of esters is 1. The molecule has 0 aliphatic heterocycles. The fraction of sp³-hybridized carbons (Fsp3) is 0.667. The lowest BCUT2D eigenvalue weighted by Crippen LogP contribution is -2.25. The Kier molecular flexibility index (Phi) is 5.02. The maximum Gasteiger partial charge on any atom is 0.373 e. The van der Waals surface area contributed by atoms with Crippen LogP contribution in [0.2, 0.25) is 0 Å². The summed E-state index contributed by atoms with van der Waals surface area (Å²) in [5, 5.41) is 3.41. The van der Waals surface area contributed by atoms with Crippen LogP contribution in [0.4, 0.5) is 0 Å². The van der Waals surface area contributed by atoms with E-state index < -0.39 is 5.97 Å². The van der Waals surface area contributed by atoms with E-state index in [0.717, 1.165) is 24.1 Å². The van der Waals surface area contributed by atoms with E-state index in [2.05, 4.69) is 17.0 Å². The smallest absolute Gasteiger partial charge is 0.373 e. The molecule has 0 amide bonds. The predicted octanol–water partition coefficient (Wildman–Crippen LogP) is 2.98. The van der Waals surface area contributed by atoms with E-state index >= 15 is 0 Å². The topological polar surface area (TPSA) is 51.5 Å². The van der Waals surface area contributed by atoms with Gasteiger partial charge in [-0.25, -0.2) is 4.79 Å². The molecule has 1 aromatic rings. The van der Waals surface area contributed by atoms with Gasteiger partial charge in [-0.05, 0) is 43.4 Å². The number of hydrogen-bond acceptors (Lipinski definition) is 4. The fourth-order valence-corrected chi connectivity index (χ4v) is 2.62. The third-order valence-electron chi connectivity index (χ3n) is 3.92. The first-order valence-corrected chi connectivity index (χ1v) is 7.06. The van der Waals surface area contributed by atoms with Crippen LogP contribution in [0.25, 0.3) is 0 Å². The number of carbonyl (C=O) groups is 1. The zero-order valence-corrected chi connectivity index (χ0v) is 11.8. The molecule has 0 bridgehead atoms. The lowest BCUT2D eigenvalue weighted by molar-refractivity contribution is 0.0563. The molecule has 2 rings (SSSR count). The molecule has 106 valence electrons. The molecule has 0 spiro atoms. The molecular formula is C15H23NO3. The van der Waals surface area contributed by atoms with Crippen molar-refractivity contribution in [3.8, 4) is 0 Å². The van der Waals surface area contributed by atoms with E-state index in [0.29, 0.717) is 6.54 Å². The summed E-state index contributed by atoms with van der Waals surface area (Å²) in [6.07, 6.45) is 5.33. The summed E-state index contributed by atoms with van der Waals surface area (Å²) in [5.74, 6) is 2.30.